The summed E-state index contributed by atoms with van der Waals surface area (Å²) in [6, 6.07) is 12.8. The van der Waals surface area contributed by atoms with E-state index < -0.39 is 0 Å². The SMILES string of the molecule is COc1ccc([C@@H](C)NCC(=O)Nc2ccc(NC(C)=O)cc2)cc1Br. The van der Waals surface area contributed by atoms with Crippen molar-refractivity contribution in [2.45, 2.75) is 19.9 Å². The molecule has 0 fully saturated rings. The second-order valence-electron chi connectivity index (χ2n) is 5.80. The minimum absolute atomic E-state index is 0.00472. The Morgan fingerprint density at radius 3 is 2.23 bits per heavy atom. The predicted octanol–water partition coefficient (Wildman–Crippen LogP) is 3.71. The van der Waals surface area contributed by atoms with E-state index in [1.165, 1.54) is 6.92 Å². The number of anilines is 2. The van der Waals surface area contributed by atoms with Gasteiger partial charge in [0.15, 0.2) is 0 Å². The maximum absolute atomic E-state index is 12.1. The van der Waals surface area contributed by atoms with Gasteiger partial charge in [0.2, 0.25) is 11.8 Å². The number of carbonyl (C=O) groups is 2. The van der Waals surface area contributed by atoms with Crippen LogP contribution in [0.25, 0.3) is 0 Å². The highest BCUT2D eigenvalue weighted by Crippen LogP contribution is 2.27. The Balaban J connectivity index is 1.86. The van der Waals surface area contributed by atoms with Gasteiger partial charge >= 0.3 is 0 Å². The van der Waals surface area contributed by atoms with Crippen molar-refractivity contribution in [2.24, 2.45) is 0 Å². The summed E-state index contributed by atoms with van der Waals surface area (Å²) in [5.74, 6) is 0.489. The number of benzene rings is 2. The summed E-state index contributed by atoms with van der Waals surface area (Å²) in [5.41, 5.74) is 2.41. The van der Waals surface area contributed by atoms with Gasteiger partial charge in [-0.05, 0) is 64.8 Å². The molecule has 2 aromatic rings. The van der Waals surface area contributed by atoms with E-state index >= 15 is 0 Å². The highest BCUT2D eigenvalue weighted by atomic mass is 79.9. The smallest absolute Gasteiger partial charge is 0.238 e. The molecule has 2 rings (SSSR count). The summed E-state index contributed by atoms with van der Waals surface area (Å²) in [4.78, 5) is 23.1. The number of ether oxygens (including phenoxy) is 1. The second-order valence-corrected chi connectivity index (χ2v) is 6.66. The van der Waals surface area contributed by atoms with Gasteiger partial charge in [-0.15, -0.1) is 0 Å². The van der Waals surface area contributed by atoms with Crippen molar-refractivity contribution in [1.82, 2.24) is 5.32 Å². The lowest BCUT2D eigenvalue weighted by atomic mass is 10.1. The zero-order chi connectivity index (χ0) is 19.1. The molecule has 3 N–H and O–H groups in total. The third-order valence-electron chi connectivity index (χ3n) is 3.73. The first-order valence-corrected chi connectivity index (χ1v) is 8.92. The van der Waals surface area contributed by atoms with Crippen molar-refractivity contribution in [3.8, 4) is 5.75 Å². The van der Waals surface area contributed by atoms with Gasteiger partial charge in [-0.2, -0.15) is 0 Å². The van der Waals surface area contributed by atoms with Crippen molar-refractivity contribution in [3.63, 3.8) is 0 Å². The van der Waals surface area contributed by atoms with Gasteiger partial charge in [0.25, 0.3) is 0 Å². The largest absolute Gasteiger partial charge is 0.496 e. The van der Waals surface area contributed by atoms with Crippen molar-refractivity contribution < 1.29 is 14.3 Å². The molecule has 0 unspecified atom stereocenters. The molecule has 0 aromatic heterocycles. The van der Waals surface area contributed by atoms with Gasteiger partial charge in [-0.3, -0.25) is 9.59 Å². The Kier molecular flexibility index (Phi) is 7.17. The van der Waals surface area contributed by atoms with Gasteiger partial charge in [-0.1, -0.05) is 6.07 Å². The van der Waals surface area contributed by atoms with Gasteiger partial charge < -0.3 is 20.7 Å². The first-order chi connectivity index (χ1) is 12.4. The minimum Gasteiger partial charge on any atom is -0.496 e. The quantitative estimate of drug-likeness (QED) is 0.638. The van der Waals surface area contributed by atoms with E-state index in [-0.39, 0.29) is 24.4 Å². The molecule has 0 aliphatic rings. The van der Waals surface area contributed by atoms with Crippen LogP contribution in [0.15, 0.2) is 46.9 Å². The third-order valence-corrected chi connectivity index (χ3v) is 4.35. The second kappa shape index (κ2) is 9.35. The number of carbonyl (C=O) groups excluding carboxylic acids is 2. The van der Waals surface area contributed by atoms with Crippen LogP contribution in [0.1, 0.15) is 25.5 Å². The van der Waals surface area contributed by atoms with E-state index in [0.717, 1.165) is 15.8 Å². The summed E-state index contributed by atoms with van der Waals surface area (Å²) < 4.78 is 6.09. The Labute approximate surface area is 161 Å². The molecule has 138 valence electrons. The minimum atomic E-state index is -0.142. The molecule has 0 spiro atoms. The fraction of sp³-hybridized carbons (Fsp3) is 0.263. The fourth-order valence-electron chi connectivity index (χ4n) is 2.36. The van der Waals surface area contributed by atoms with E-state index in [9.17, 15) is 9.59 Å². The number of nitrogens with one attached hydrogen (secondary N) is 3. The van der Waals surface area contributed by atoms with E-state index in [0.29, 0.717) is 11.4 Å². The summed E-state index contributed by atoms with van der Waals surface area (Å²) >= 11 is 3.46. The standard InChI is InChI=1S/C19H22BrN3O3/c1-12(14-4-9-18(26-3)17(20)10-14)21-11-19(25)23-16-7-5-15(6-8-16)22-13(2)24/h4-10,12,21H,11H2,1-3H3,(H,22,24)(H,23,25)/t12-/m1/s1. The molecule has 7 heteroatoms. The average Bonchev–Trinajstić information content (AvgIpc) is 2.61. The Morgan fingerprint density at radius 2 is 1.69 bits per heavy atom. The van der Waals surface area contributed by atoms with Crippen LogP contribution >= 0.6 is 15.9 Å². The predicted molar refractivity (Wildman–Crippen MR) is 106 cm³/mol. The highest BCUT2D eigenvalue weighted by Gasteiger charge is 2.10. The summed E-state index contributed by atoms with van der Waals surface area (Å²) in [7, 11) is 1.62. The van der Waals surface area contributed by atoms with Crippen molar-refractivity contribution >= 4 is 39.1 Å². The molecule has 0 aliphatic heterocycles. The number of amides is 2. The fourth-order valence-corrected chi connectivity index (χ4v) is 2.92. The molecule has 0 saturated heterocycles. The zero-order valence-electron chi connectivity index (χ0n) is 14.9. The lowest BCUT2D eigenvalue weighted by molar-refractivity contribution is -0.115. The number of hydrogen-bond donors (Lipinski definition) is 3. The van der Waals surface area contributed by atoms with Crippen molar-refractivity contribution in [2.75, 3.05) is 24.3 Å². The maximum atomic E-state index is 12.1. The molecule has 26 heavy (non-hydrogen) atoms. The van der Waals surface area contributed by atoms with Crippen LogP contribution < -0.4 is 20.7 Å². The first kappa shape index (κ1) is 19.9. The van der Waals surface area contributed by atoms with Gasteiger partial charge in [0, 0.05) is 24.3 Å². The molecule has 2 amide bonds. The molecule has 1 atom stereocenters. The third kappa shape index (κ3) is 5.86. The van der Waals surface area contributed by atoms with Gasteiger partial charge in [0.1, 0.15) is 5.75 Å². The summed E-state index contributed by atoms with van der Waals surface area (Å²) in [6.45, 7) is 3.62. The topological polar surface area (TPSA) is 79.5 Å². The van der Waals surface area contributed by atoms with Gasteiger partial charge in [-0.25, -0.2) is 0 Å². The Hall–Kier alpha value is -2.38. The van der Waals surface area contributed by atoms with Crippen LogP contribution in [0.2, 0.25) is 0 Å². The monoisotopic (exact) mass is 419 g/mol. The lowest BCUT2D eigenvalue weighted by Crippen LogP contribution is -2.30. The lowest BCUT2D eigenvalue weighted by Gasteiger charge is -2.15. The van der Waals surface area contributed by atoms with Crippen LogP contribution in [0, 0.1) is 0 Å². The molecule has 0 aliphatic carbocycles. The van der Waals surface area contributed by atoms with E-state index in [2.05, 4.69) is 31.9 Å². The van der Waals surface area contributed by atoms with Gasteiger partial charge in [0.05, 0.1) is 18.1 Å². The Morgan fingerprint density at radius 1 is 1.08 bits per heavy atom. The molecule has 0 saturated carbocycles. The normalized spacial score (nSPS) is 11.5. The molecule has 0 heterocycles. The van der Waals surface area contributed by atoms with Crippen molar-refractivity contribution in [3.05, 3.63) is 52.5 Å². The molecule has 2 aromatic carbocycles. The molecule has 0 radical (unpaired) electrons. The molecule has 0 bridgehead atoms. The number of rotatable bonds is 7. The molecular formula is C19H22BrN3O3. The van der Waals surface area contributed by atoms with E-state index in [4.69, 9.17) is 4.74 Å². The van der Waals surface area contributed by atoms with Crippen LogP contribution in [-0.4, -0.2) is 25.5 Å². The van der Waals surface area contributed by atoms with Crippen LogP contribution in [0.3, 0.4) is 0 Å². The molecule has 6 nitrogen and oxygen atoms in total. The first-order valence-electron chi connectivity index (χ1n) is 8.13. The Bertz CT molecular complexity index is 778. The van der Waals surface area contributed by atoms with Crippen LogP contribution in [0.4, 0.5) is 11.4 Å². The zero-order valence-corrected chi connectivity index (χ0v) is 16.5. The van der Waals surface area contributed by atoms with Crippen molar-refractivity contribution in [1.29, 1.82) is 0 Å². The highest BCUT2D eigenvalue weighted by molar-refractivity contribution is 9.10. The van der Waals surface area contributed by atoms with E-state index in [1.54, 1.807) is 31.4 Å². The number of halogens is 1. The molecular weight excluding hydrogens is 398 g/mol. The maximum Gasteiger partial charge on any atom is 0.238 e. The average molecular weight is 420 g/mol. The van der Waals surface area contributed by atoms with E-state index in [1.807, 2.05) is 25.1 Å². The summed E-state index contributed by atoms with van der Waals surface area (Å²) in [6.07, 6.45) is 0. The summed E-state index contributed by atoms with van der Waals surface area (Å²) in [5, 5.41) is 8.69. The van der Waals surface area contributed by atoms with Crippen LogP contribution in [-0.2, 0) is 9.59 Å². The van der Waals surface area contributed by atoms with Crippen LogP contribution in [0.5, 0.6) is 5.75 Å². The number of methoxy groups -OCH3 is 1. The number of hydrogen-bond acceptors (Lipinski definition) is 4.